The fourth-order valence-corrected chi connectivity index (χ4v) is 3.74. The molecule has 0 saturated heterocycles. The smallest absolute Gasteiger partial charge is 0.323 e. The van der Waals surface area contributed by atoms with E-state index in [1.54, 1.807) is 6.92 Å². The van der Waals surface area contributed by atoms with Crippen molar-refractivity contribution in [3.05, 3.63) is 28.7 Å². The maximum Gasteiger partial charge on any atom is 0.323 e. The largest absolute Gasteiger partial charge is 0.350 e. The number of nitrogens with one attached hydrogen (secondary N) is 3. The SMILES string of the molecule is CCN(CC(=O)NC(C)(C)C)S(=O)(=O)c1ccc2[nH]c(=O)[nH]c2c1. The van der Waals surface area contributed by atoms with Crippen LogP contribution in [0.4, 0.5) is 0 Å². The number of sulfonamides is 1. The van der Waals surface area contributed by atoms with Gasteiger partial charge < -0.3 is 15.3 Å². The van der Waals surface area contributed by atoms with E-state index in [0.717, 1.165) is 4.31 Å². The topological polar surface area (TPSA) is 115 Å². The van der Waals surface area contributed by atoms with E-state index in [1.165, 1.54) is 18.2 Å². The third kappa shape index (κ3) is 4.04. The minimum absolute atomic E-state index is 0.0238. The Morgan fingerprint density at radius 3 is 2.42 bits per heavy atom. The monoisotopic (exact) mass is 354 g/mol. The summed E-state index contributed by atoms with van der Waals surface area (Å²) < 4.78 is 26.6. The molecule has 1 aromatic heterocycles. The van der Waals surface area contributed by atoms with E-state index in [0.29, 0.717) is 11.0 Å². The van der Waals surface area contributed by atoms with Gasteiger partial charge in [-0.25, -0.2) is 13.2 Å². The molecule has 24 heavy (non-hydrogen) atoms. The standard InChI is InChI=1S/C15H22N4O4S/c1-5-19(9-13(20)18-15(2,3)4)24(22,23)10-6-7-11-12(8-10)17-14(21)16-11/h6-8H,5,9H2,1-4H3,(H,18,20)(H2,16,17,21). The summed E-state index contributed by atoms with van der Waals surface area (Å²) in [7, 11) is -3.85. The molecule has 1 heterocycles. The number of likely N-dealkylation sites (N-methyl/N-ethyl adjacent to an activating group) is 1. The van der Waals surface area contributed by atoms with Crippen LogP contribution in [0.25, 0.3) is 11.0 Å². The number of amides is 1. The van der Waals surface area contributed by atoms with Crippen LogP contribution in [0.3, 0.4) is 0 Å². The number of benzene rings is 1. The Bertz CT molecular complexity index is 905. The second-order valence-electron chi connectivity index (χ2n) is 6.52. The van der Waals surface area contributed by atoms with Gasteiger partial charge in [-0.1, -0.05) is 6.92 Å². The summed E-state index contributed by atoms with van der Waals surface area (Å²) in [5, 5.41) is 2.74. The molecule has 132 valence electrons. The lowest BCUT2D eigenvalue weighted by molar-refractivity contribution is -0.122. The van der Waals surface area contributed by atoms with Crippen molar-refractivity contribution in [1.82, 2.24) is 19.6 Å². The zero-order valence-corrected chi connectivity index (χ0v) is 15.0. The van der Waals surface area contributed by atoms with E-state index in [4.69, 9.17) is 0 Å². The molecule has 0 unspecified atom stereocenters. The third-order valence-electron chi connectivity index (χ3n) is 3.31. The summed E-state index contributed by atoms with van der Waals surface area (Å²) in [6.07, 6.45) is 0. The quantitative estimate of drug-likeness (QED) is 0.736. The van der Waals surface area contributed by atoms with Crippen LogP contribution in [0.2, 0.25) is 0 Å². The molecule has 1 aromatic carbocycles. The number of aromatic amines is 2. The van der Waals surface area contributed by atoms with Gasteiger partial charge in [-0.05, 0) is 39.0 Å². The van der Waals surface area contributed by atoms with Gasteiger partial charge in [-0.2, -0.15) is 4.31 Å². The van der Waals surface area contributed by atoms with Crippen LogP contribution < -0.4 is 11.0 Å². The lowest BCUT2D eigenvalue weighted by Crippen LogP contribution is -2.47. The van der Waals surface area contributed by atoms with Crippen LogP contribution in [0.1, 0.15) is 27.7 Å². The van der Waals surface area contributed by atoms with Gasteiger partial charge in [-0.15, -0.1) is 0 Å². The average Bonchev–Trinajstić information content (AvgIpc) is 2.81. The number of nitrogens with zero attached hydrogens (tertiary/aromatic N) is 1. The van der Waals surface area contributed by atoms with Gasteiger partial charge in [0.05, 0.1) is 22.5 Å². The van der Waals surface area contributed by atoms with Crippen molar-refractivity contribution in [2.75, 3.05) is 13.1 Å². The van der Waals surface area contributed by atoms with Crippen molar-refractivity contribution in [1.29, 1.82) is 0 Å². The molecule has 2 rings (SSSR count). The van der Waals surface area contributed by atoms with Gasteiger partial charge in [0.15, 0.2) is 0 Å². The van der Waals surface area contributed by atoms with Gasteiger partial charge in [0.1, 0.15) is 0 Å². The molecule has 1 amide bonds. The summed E-state index contributed by atoms with van der Waals surface area (Å²) in [5.74, 6) is -0.371. The maximum absolute atomic E-state index is 12.8. The highest BCUT2D eigenvalue weighted by Gasteiger charge is 2.27. The maximum atomic E-state index is 12.8. The molecule has 0 fully saturated rings. The average molecular weight is 354 g/mol. The molecule has 2 aromatic rings. The number of carbonyl (C=O) groups is 1. The number of hydrogen-bond donors (Lipinski definition) is 3. The Labute approximate surface area is 140 Å². The summed E-state index contributed by atoms with van der Waals surface area (Å²) in [5.41, 5.74) is 0.0734. The Morgan fingerprint density at radius 2 is 1.83 bits per heavy atom. The van der Waals surface area contributed by atoms with E-state index in [9.17, 15) is 18.0 Å². The predicted molar refractivity (Wildman–Crippen MR) is 91.2 cm³/mol. The number of rotatable bonds is 5. The fourth-order valence-electron chi connectivity index (χ4n) is 2.31. The second-order valence-corrected chi connectivity index (χ2v) is 8.45. The van der Waals surface area contributed by atoms with Crippen LogP contribution in [0, 0.1) is 0 Å². The van der Waals surface area contributed by atoms with Crippen LogP contribution >= 0.6 is 0 Å². The Balaban J connectivity index is 2.30. The number of H-pyrrole nitrogens is 2. The minimum Gasteiger partial charge on any atom is -0.350 e. The van der Waals surface area contributed by atoms with E-state index in [-0.39, 0.29) is 23.9 Å². The number of carbonyl (C=O) groups excluding carboxylic acids is 1. The number of aromatic nitrogens is 2. The fraction of sp³-hybridized carbons (Fsp3) is 0.467. The van der Waals surface area contributed by atoms with E-state index in [2.05, 4.69) is 15.3 Å². The first kappa shape index (κ1) is 18.2. The second kappa shape index (κ2) is 6.40. The number of fused-ring (bicyclic) bond motifs is 1. The first-order valence-corrected chi connectivity index (χ1v) is 9.00. The van der Waals surface area contributed by atoms with Crippen molar-refractivity contribution in [2.24, 2.45) is 0 Å². The molecule has 0 aliphatic carbocycles. The normalized spacial score (nSPS) is 12.7. The molecule has 0 saturated carbocycles. The van der Waals surface area contributed by atoms with Crippen molar-refractivity contribution >= 4 is 27.0 Å². The lowest BCUT2D eigenvalue weighted by atomic mass is 10.1. The van der Waals surface area contributed by atoms with Crippen LogP contribution in [0.15, 0.2) is 27.9 Å². The van der Waals surface area contributed by atoms with Gasteiger partial charge in [0, 0.05) is 12.1 Å². The highest BCUT2D eigenvalue weighted by Crippen LogP contribution is 2.19. The summed E-state index contributed by atoms with van der Waals surface area (Å²) in [6, 6.07) is 4.31. The van der Waals surface area contributed by atoms with Crippen LogP contribution in [-0.4, -0.2) is 47.2 Å². The molecule has 0 atom stereocenters. The number of imidazole rings is 1. The van der Waals surface area contributed by atoms with E-state index < -0.39 is 21.3 Å². The molecular weight excluding hydrogens is 332 g/mol. The minimum atomic E-state index is -3.85. The molecule has 0 radical (unpaired) electrons. The first-order valence-electron chi connectivity index (χ1n) is 7.56. The predicted octanol–water partition coefficient (Wildman–Crippen LogP) is 0.781. The van der Waals surface area contributed by atoms with Crippen molar-refractivity contribution in [3.63, 3.8) is 0 Å². The van der Waals surface area contributed by atoms with Crippen molar-refractivity contribution in [2.45, 2.75) is 38.1 Å². The Kier molecular flexibility index (Phi) is 4.86. The lowest BCUT2D eigenvalue weighted by Gasteiger charge is -2.24. The van der Waals surface area contributed by atoms with Gasteiger partial charge >= 0.3 is 5.69 Å². The van der Waals surface area contributed by atoms with Crippen molar-refractivity contribution in [3.8, 4) is 0 Å². The molecule has 0 spiro atoms. The Hall–Kier alpha value is -2.13. The zero-order chi connectivity index (χ0) is 18.1. The van der Waals surface area contributed by atoms with Crippen LogP contribution in [-0.2, 0) is 14.8 Å². The highest BCUT2D eigenvalue weighted by atomic mass is 32.2. The molecule has 3 N–H and O–H groups in total. The first-order chi connectivity index (χ1) is 11.0. The zero-order valence-electron chi connectivity index (χ0n) is 14.1. The molecule has 0 aliphatic rings. The summed E-state index contributed by atoms with van der Waals surface area (Å²) in [6.45, 7) is 7.03. The molecular formula is C15H22N4O4S. The molecule has 9 heteroatoms. The van der Waals surface area contributed by atoms with Gasteiger partial charge in [-0.3, -0.25) is 4.79 Å². The number of hydrogen-bond acceptors (Lipinski definition) is 4. The Morgan fingerprint density at radius 1 is 1.21 bits per heavy atom. The van der Waals surface area contributed by atoms with E-state index >= 15 is 0 Å². The molecule has 0 bridgehead atoms. The van der Waals surface area contributed by atoms with Gasteiger partial charge in [0.2, 0.25) is 15.9 Å². The van der Waals surface area contributed by atoms with Crippen LogP contribution in [0.5, 0.6) is 0 Å². The molecule has 8 nitrogen and oxygen atoms in total. The third-order valence-corrected chi connectivity index (χ3v) is 5.23. The van der Waals surface area contributed by atoms with Gasteiger partial charge in [0.25, 0.3) is 0 Å². The van der Waals surface area contributed by atoms with Crippen molar-refractivity contribution < 1.29 is 13.2 Å². The highest BCUT2D eigenvalue weighted by molar-refractivity contribution is 7.89. The van der Waals surface area contributed by atoms with E-state index in [1.807, 2.05) is 20.8 Å². The summed E-state index contributed by atoms with van der Waals surface area (Å²) in [4.78, 5) is 28.5. The molecule has 0 aliphatic heterocycles. The summed E-state index contributed by atoms with van der Waals surface area (Å²) >= 11 is 0.